The van der Waals surface area contributed by atoms with Crippen molar-refractivity contribution in [2.24, 2.45) is 0 Å². The minimum Gasteiger partial charge on any atom is -0.369 e. The quantitative estimate of drug-likeness (QED) is 0.497. The first kappa shape index (κ1) is 19.0. The van der Waals surface area contributed by atoms with Gasteiger partial charge in [-0.05, 0) is 42.3 Å². The van der Waals surface area contributed by atoms with Crippen LogP contribution in [-0.2, 0) is 15.8 Å². The molecule has 0 radical (unpaired) electrons. The minimum absolute atomic E-state index is 0.450. The maximum atomic E-state index is 12.4. The number of fused-ring (bicyclic) bond motifs is 4. The van der Waals surface area contributed by atoms with Gasteiger partial charge in [0, 0.05) is 36.2 Å². The third kappa shape index (κ3) is 4.58. The van der Waals surface area contributed by atoms with E-state index >= 15 is 0 Å². The maximum Gasteiger partial charge on any atom is 0.229 e. The highest BCUT2D eigenvalue weighted by Gasteiger charge is 2.12. The predicted molar refractivity (Wildman–Crippen MR) is 114 cm³/mol. The van der Waals surface area contributed by atoms with Gasteiger partial charge in [0.15, 0.2) is 0 Å². The van der Waals surface area contributed by atoms with Crippen molar-refractivity contribution in [2.45, 2.75) is 11.3 Å². The Hall–Kier alpha value is -3.30. The second-order valence-electron chi connectivity index (χ2n) is 6.39. The molecule has 1 aromatic heterocycles. The molecular weight excluding hydrogens is 388 g/mol. The molecule has 4 rings (SSSR count). The van der Waals surface area contributed by atoms with E-state index in [0.29, 0.717) is 36.2 Å². The summed E-state index contributed by atoms with van der Waals surface area (Å²) >= 11 is 0. The first-order valence-corrected chi connectivity index (χ1v) is 10.3. The number of nitrogens with one attached hydrogen (secondary N) is 4. The van der Waals surface area contributed by atoms with Crippen LogP contribution < -0.4 is 20.7 Å². The van der Waals surface area contributed by atoms with Gasteiger partial charge in [-0.15, -0.1) is 0 Å². The molecule has 1 aliphatic rings. The summed E-state index contributed by atoms with van der Waals surface area (Å²) in [5.74, 6) is 1.15. The number of carbonyl (C=O) groups is 1. The largest absolute Gasteiger partial charge is 0.369 e. The van der Waals surface area contributed by atoms with Crippen LogP contribution in [0.15, 0.2) is 59.6 Å². The minimum atomic E-state index is -1.27. The standard InChI is InChI=1S/C20H20N6O2S/c27-13-23-15-7-5-14(6-8-15)18-12-22-20-25-16-3-1-4-17(11-16)29(28)24-10-2-9-21-19(18)26-20/h1,3-8,11-13,24H,2,9-10H2,(H,23,27)(H2,21,22,25,26). The molecule has 2 aromatic carbocycles. The summed E-state index contributed by atoms with van der Waals surface area (Å²) in [5.41, 5.74) is 3.27. The zero-order valence-corrected chi connectivity index (χ0v) is 16.3. The van der Waals surface area contributed by atoms with Gasteiger partial charge in [0.2, 0.25) is 12.4 Å². The molecule has 1 unspecified atom stereocenters. The van der Waals surface area contributed by atoms with Gasteiger partial charge in [-0.2, -0.15) is 4.98 Å². The summed E-state index contributed by atoms with van der Waals surface area (Å²) in [4.78, 5) is 20.4. The molecule has 8 nitrogen and oxygen atoms in total. The molecule has 0 saturated heterocycles. The molecule has 4 N–H and O–H groups in total. The number of hydrogen-bond acceptors (Lipinski definition) is 6. The molecule has 9 heteroatoms. The molecule has 0 saturated carbocycles. The fourth-order valence-electron chi connectivity index (χ4n) is 2.96. The highest BCUT2D eigenvalue weighted by atomic mass is 32.2. The number of nitrogens with zero attached hydrogens (tertiary/aromatic N) is 2. The van der Waals surface area contributed by atoms with Crippen LogP contribution in [0.4, 0.5) is 23.1 Å². The molecule has 4 bridgehead atoms. The van der Waals surface area contributed by atoms with Crippen molar-refractivity contribution in [2.75, 3.05) is 29.0 Å². The summed E-state index contributed by atoms with van der Waals surface area (Å²) in [6.07, 6.45) is 3.19. The Morgan fingerprint density at radius 2 is 1.97 bits per heavy atom. The van der Waals surface area contributed by atoms with E-state index in [4.69, 9.17) is 0 Å². The van der Waals surface area contributed by atoms with E-state index in [1.807, 2.05) is 48.5 Å². The van der Waals surface area contributed by atoms with Crippen LogP contribution in [0, 0.1) is 0 Å². The number of aromatic nitrogens is 2. The number of anilines is 4. The van der Waals surface area contributed by atoms with E-state index in [2.05, 4.69) is 30.6 Å². The Morgan fingerprint density at radius 3 is 2.79 bits per heavy atom. The van der Waals surface area contributed by atoms with Crippen LogP contribution >= 0.6 is 0 Å². The third-order valence-electron chi connectivity index (χ3n) is 4.39. The summed E-state index contributed by atoms with van der Waals surface area (Å²) in [7, 11) is -1.27. The van der Waals surface area contributed by atoms with Crippen LogP contribution in [0.1, 0.15) is 6.42 Å². The van der Waals surface area contributed by atoms with Crippen LogP contribution in [0.5, 0.6) is 0 Å². The maximum absolute atomic E-state index is 12.4. The molecule has 2 heterocycles. The SMILES string of the molecule is O=CNc1ccc(-c2cnc3nc2NCCCNS(=O)c2cccc(c2)N3)cc1. The predicted octanol–water partition coefficient (Wildman–Crippen LogP) is 2.88. The molecule has 1 aliphatic heterocycles. The van der Waals surface area contributed by atoms with Crippen LogP contribution in [0.3, 0.4) is 0 Å². The van der Waals surface area contributed by atoms with Crippen molar-refractivity contribution in [1.29, 1.82) is 0 Å². The van der Waals surface area contributed by atoms with E-state index in [1.165, 1.54) is 0 Å². The van der Waals surface area contributed by atoms with E-state index in [9.17, 15) is 9.00 Å². The Kier molecular flexibility index (Phi) is 5.78. The Labute approximate surface area is 170 Å². The molecule has 0 fully saturated rings. The third-order valence-corrected chi connectivity index (χ3v) is 5.54. The van der Waals surface area contributed by atoms with Crippen molar-refractivity contribution in [3.8, 4) is 11.1 Å². The molecule has 1 atom stereocenters. The second-order valence-corrected chi connectivity index (χ2v) is 7.69. The van der Waals surface area contributed by atoms with Crippen molar-refractivity contribution in [3.05, 3.63) is 54.7 Å². The zero-order chi connectivity index (χ0) is 20.1. The molecule has 148 valence electrons. The first-order valence-electron chi connectivity index (χ1n) is 9.17. The molecule has 0 spiro atoms. The van der Waals surface area contributed by atoms with Crippen molar-refractivity contribution < 1.29 is 9.00 Å². The van der Waals surface area contributed by atoms with E-state index in [1.54, 1.807) is 6.20 Å². The topological polar surface area (TPSA) is 108 Å². The lowest BCUT2D eigenvalue weighted by Crippen LogP contribution is -2.20. The van der Waals surface area contributed by atoms with Gasteiger partial charge < -0.3 is 16.0 Å². The lowest BCUT2D eigenvalue weighted by Gasteiger charge is -2.13. The summed E-state index contributed by atoms with van der Waals surface area (Å²) in [5, 5.41) is 9.15. The summed E-state index contributed by atoms with van der Waals surface area (Å²) in [6, 6.07) is 14.8. The highest BCUT2D eigenvalue weighted by Crippen LogP contribution is 2.29. The van der Waals surface area contributed by atoms with Crippen molar-refractivity contribution in [3.63, 3.8) is 0 Å². The highest BCUT2D eigenvalue weighted by molar-refractivity contribution is 7.83. The first-order chi connectivity index (χ1) is 14.2. The molecule has 29 heavy (non-hydrogen) atoms. The Bertz CT molecular complexity index is 1040. The van der Waals surface area contributed by atoms with Gasteiger partial charge in [0.05, 0.1) is 4.90 Å². The molecular formula is C20H20N6O2S. The average molecular weight is 408 g/mol. The smallest absolute Gasteiger partial charge is 0.229 e. The van der Waals surface area contributed by atoms with Gasteiger partial charge in [-0.25, -0.2) is 13.9 Å². The lowest BCUT2D eigenvalue weighted by molar-refractivity contribution is -0.105. The normalized spacial score (nSPS) is 16.2. The van der Waals surface area contributed by atoms with Gasteiger partial charge in [-0.3, -0.25) is 4.79 Å². The van der Waals surface area contributed by atoms with Crippen molar-refractivity contribution in [1.82, 2.24) is 14.7 Å². The van der Waals surface area contributed by atoms with E-state index in [0.717, 1.165) is 28.9 Å². The number of carbonyl (C=O) groups excluding carboxylic acids is 1. The summed E-state index contributed by atoms with van der Waals surface area (Å²) < 4.78 is 15.4. The fourth-order valence-corrected chi connectivity index (χ4v) is 3.90. The van der Waals surface area contributed by atoms with Crippen LogP contribution in [-0.4, -0.2) is 33.7 Å². The van der Waals surface area contributed by atoms with Gasteiger partial charge in [-0.1, -0.05) is 18.2 Å². The zero-order valence-electron chi connectivity index (χ0n) is 15.5. The van der Waals surface area contributed by atoms with E-state index < -0.39 is 11.0 Å². The van der Waals surface area contributed by atoms with Crippen LogP contribution in [0.25, 0.3) is 11.1 Å². The number of amides is 1. The summed E-state index contributed by atoms with van der Waals surface area (Å²) in [6.45, 7) is 1.27. The molecule has 3 aromatic rings. The number of hydrogen-bond donors (Lipinski definition) is 4. The number of benzene rings is 2. The van der Waals surface area contributed by atoms with Crippen LogP contribution in [0.2, 0.25) is 0 Å². The fraction of sp³-hybridized carbons (Fsp3) is 0.150. The van der Waals surface area contributed by atoms with Gasteiger partial charge in [0.1, 0.15) is 16.8 Å². The van der Waals surface area contributed by atoms with Crippen molar-refractivity contribution >= 4 is 40.5 Å². The van der Waals surface area contributed by atoms with E-state index in [-0.39, 0.29) is 0 Å². The average Bonchev–Trinajstić information content (AvgIpc) is 2.75. The Morgan fingerprint density at radius 1 is 1.10 bits per heavy atom. The van der Waals surface area contributed by atoms with Gasteiger partial charge in [0.25, 0.3) is 0 Å². The Balaban J connectivity index is 1.68. The number of rotatable bonds is 3. The molecule has 1 amide bonds. The lowest BCUT2D eigenvalue weighted by atomic mass is 10.1. The molecule has 0 aliphatic carbocycles. The van der Waals surface area contributed by atoms with Gasteiger partial charge >= 0.3 is 0 Å². The monoisotopic (exact) mass is 408 g/mol. The second kappa shape index (κ2) is 8.80.